The molecule has 0 heterocycles. The molecule has 0 amide bonds. The average molecular weight is 945 g/mol. The molecule has 5 heteroatoms. The molecule has 14 atom stereocenters. The minimum absolute atomic E-state index is 0.0431. The summed E-state index contributed by atoms with van der Waals surface area (Å²) >= 11 is 0. The van der Waals surface area contributed by atoms with Gasteiger partial charge in [-0.15, -0.1) is 5.92 Å². The maximum Gasteiger partial charge on any atom is 0.306 e. The van der Waals surface area contributed by atoms with Crippen molar-refractivity contribution in [2.45, 2.75) is 135 Å². The first-order valence-corrected chi connectivity index (χ1v) is 27.5. The van der Waals surface area contributed by atoms with Crippen LogP contribution in [0.2, 0.25) is 0 Å². The third kappa shape index (κ3) is 6.29. The number of phenolic OH excluding ortho intramolecular Hbond substituents is 1. The summed E-state index contributed by atoms with van der Waals surface area (Å²) < 4.78 is 0. The summed E-state index contributed by atoms with van der Waals surface area (Å²) in [7, 11) is 0. The van der Waals surface area contributed by atoms with Gasteiger partial charge in [0.05, 0.1) is 18.1 Å². The molecule has 5 nitrogen and oxygen atoms in total. The van der Waals surface area contributed by atoms with E-state index >= 15 is 0 Å². The minimum atomic E-state index is -0.776. The topological polar surface area (TPSA) is 98.0 Å². The summed E-state index contributed by atoms with van der Waals surface area (Å²) in [5.74, 6) is 7.34. The van der Waals surface area contributed by atoms with E-state index in [4.69, 9.17) is 0 Å². The highest BCUT2D eigenvalue weighted by Crippen LogP contribution is 2.81. The standard InChI is InChI=1S/C66H72O5/c1-39(40(2)41-12-6-5-7-13-41)17-26-49(60(70)71)59-55(68)38-63(4)54-37-64-29-11-31-65-30-10-15-44-20-18-43-19-21-45(42-22-24-47(67)25-23-42)34-50(43)57(44)58-48-16-9-8-14-46(48)35-53(51(58)36-64)66(61(64)65,33-28-56(65)69)52(54)27-32-62(59,63)3/h8-9,11,14,16,18-25,29,34-36,40-41,44,49,53,55-57,59,61,67-69H,1,5-7,12-13,17,26-28,30-33,37-38H2,2-4H3,(H,70,71)/t40-,44+,49-,53-,55-,56+,57+,59+,61?,62-,63+,64-,65-,66-/m1/s1. The smallest absolute Gasteiger partial charge is 0.306 e. The van der Waals surface area contributed by atoms with Gasteiger partial charge in [-0.3, -0.25) is 4.79 Å². The lowest BCUT2D eigenvalue weighted by atomic mass is 9.31. The van der Waals surface area contributed by atoms with Gasteiger partial charge in [-0.05, 0) is 161 Å². The molecular formula is C66H72O5. The van der Waals surface area contributed by atoms with Crippen molar-refractivity contribution in [3.63, 3.8) is 0 Å². The normalized spacial score (nSPS) is 38.6. The molecule has 71 heavy (non-hydrogen) atoms. The highest BCUT2D eigenvalue weighted by atomic mass is 16.4. The van der Waals surface area contributed by atoms with Crippen LogP contribution in [0.1, 0.15) is 134 Å². The molecule has 0 saturated heterocycles. The Bertz CT molecular complexity index is 3090. The largest absolute Gasteiger partial charge is 0.508 e. The van der Waals surface area contributed by atoms with Gasteiger partial charge in [0.15, 0.2) is 0 Å². The monoisotopic (exact) mass is 945 g/mol. The molecule has 5 bridgehead atoms. The Labute approximate surface area is 421 Å². The van der Waals surface area contributed by atoms with E-state index < -0.39 is 45.8 Å². The molecule has 3 aromatic carbocycles. The first kappa shape index (κ1) is 45.7. The molecular weight excluding hydrogens is 873 g/mol. The average Bonchev–Trinajstić information content (AvgIpc) is 3.57. The van der Waals surface area contributed by atoms with E-state index in [-0.39, 0.29) is 40.8 Å². The molecule has 10 aliphatic carbocycles. The van der Waals surface area contributed by atoms with Crippen LogP contribution >= 0.6 is 0 Å². The van der Waals surface area contributed by atoms with E-state index in [1.54, 1.807) is 17.7 Å². The van der Waals surface area contributed by atoms with E-state index in [1.165, 1.54) is 76.0 Å². The van der Waals surface area contributed by atoms with Crippen LogP contribution in [-0.4, -0.2) is 38.6 Å². The van der Waals surface area contributed by atoms with Gasteiger partial charge in [-0.1, -0.05) is 154 Å². The number of aliphatic carboxylic acids is 1. The summed E-state index contributed by atoms with van der Waals surface area (Å²) in [6.07, 6.45) is 27.4. The molecule has 10 aliphatic rings. The fourth-order valence-electron chi connectivity index (χ4n) is 18.9. The molecule has 13 rings (SSSR count). The Balaban J connectivity index is 0.976. The SMILES string of the molecule is C=C(CC[C@@H](C(=O)O)[C@H]1[C@H](O)C[C@@]2(C)C3=C(CC[C@]12C)[C@]12CC[C@H](O)[C@@]45CC#C[C@H]6C=Cc7ccc(-c8ccc(O)cc8)cc7[C@H]6C6=c7ccccc7=C[C@@H]1C6=C[C@](C=CC4)(C3)C52)[C@@H](C)C1CCCCC1. The lowest BCUT2D eigenvalue weighted by Gasteiger charge is -2.73. The first-order chi connectivity index (χ1) is 34.2. The Kier molecular flexibility index (Phi) is 10.4. The number of aliphatic hydroxyl groups is 2. The number of benzene rings is 3. The molecule has 366 valence electrons. The minimum Gasteiger partial charge on any atom is -0.508 e. The Morgan fingerprint density at radius 3 is 2.54 bits per heavy atom. The Morgan fingerprint density at radius 1 is 0.944 bits per heavy atom. The molecule has 4 N–H and O–H groups in total. The van der Waals surface area contributed by atoms with Crippen LogP contribution in [-0.2, 0) is 4.79 Å². The lowest BCUT2D eigenvalue weighted by molar-refractivity contribution is -0.166. The van der Waals surface area contributed by atoms with Crippen molar-refractivity contribution >= 4 is 23.7 Å². The van der Waals surface area contributed by atoms with Gasteiger partial charge in [-0.25, -0.2) is 0 Å². The van der Waals surface area contributed by atoms with E-state index in [2.05, 4.69) is 118 Å². The number of rotatable bonds is 8. The summed E-state index contributed by atoms with van der Waals surface area (Å²) in [6, 6.07) is 23.5. The molecule has 0 aromatic heterocycles. The lowest BCUT2D eigenvalue weighted by Crippen LogP contribution is -2.68. The van der Waals surface area contributed by atoms with E-state index in [9.17, 15) is 25.2 Å². The fourth-order valence-corrected chi connectivity index (χ4v) is 18.9. The third-order valence-corrected chi connectivity index (χ3v) is 22.3. The second kappa shape index (κ2) is 16.2. The number of carboxylic acids is 1. The number of allylic oxidation sites excluding steroid dienone is 8. The molecule has 0 radical (unpaired) electrons. The summed E-state index contributed by atoms with van der Waals surface area (Å²) in [5, 5.41) is 49.5. The molecule has 1 unspecified atom stereocenters. The molecule has 0 spiro atoms. The molecule has 0 aliphatic heterocycles. The van der Waals surface area contributed by atoms with E-state index in [0.717, 1.165) is 43.2 Å². The number of aliphatic hydroxyl groups excluding tert-OH is 2. The van der Waals surface area contributed by atoms with Crippen molar-refractivity contribution < 1.29 is 25.2 Å². The summed E-state index contributed by atoms with van der Waals surface area (Å²) in [6.45, 7) is 11.7. The Morgan fingerprint density at radius 2 is 1.73 bits per heavy atom. The zero-order chi connectivity index (χ0) is 48.8. The van der Waals surface area contributed by atoms with Gasteiger partial charge in [-0.2, -0.15) is 0 Å². The highest BCUT2D eigenvalue weighted by Gasteiger charge is 2.75. The fraction of sp³-hybridized carbons (Fsp3) is 0.500. The zero-order valence-electron chi connectivity index (χ0n) is 42.1. The van der Waals surface area contributed by atoms with E-state index in [0.29, 0.717) is 43.9 Å². The maximum atomic E-state index is 13.7. The van der Waals surface area contributed by atoms with Crippen LogP contribution < -0.4 is 10.4 Å². The van der Waals surface area contributed by atoms with Crippen molar-refractivity contribution in [3.8, 4) is 28.7 Å². The third-order valence-electron chi connectivity index (χ3n) is 22.3. The van der Waals surface area contributed by atoms with Gasteiger partial charge in [0.25, 0.3) is 0 Å². The van der Waals surface area contributed by atoms with Crippen molar-refractivity contribution in [2.75, 3.05) is 0 Å². The summed E-state index contributed by atoms with van der Waals surface area (Å²) in [5.41, 5.74) is 9.68. The number of aromatic hydroxyl groups is 1. The van der Waals surface area contributed by atoms with Crippen molar-refractivity contribution in [1.29, 1.82) is 0 Å². The van der Waals surface area contributed by atoms with Crippen LogP contribution in [0.25, 0.3) is 28.9 Å². The van der Waals surface area contributed by atoms with E-state index in [1.807, 2.05) is 12.1 Å². The van der Waals surface area contributed by atoms with Crippen LogP contribution in [0.4, 0.5) is 0 Å². The molecule has 3 fully saturated rings. The highest BCUT2D eigenvalue weighted by molar-refractivity contribution is 5.83. The quantitative estimate of drug-likeness (QED) is 0.133. The zero-order valence-corrected chi connectivity index (χ0v) is 42.1. The molecule has 3 aromatic rings. The predicted octanol–water partition coefficient (Wildman–Crippen LogP) is 12.2. The van der Waals surface area contributed by atoms with Gasteiger partial charge in [0.1, 0.15) is 5.75 Å². The van der Waals surface area contributed by atoms with Crippen LogP contribution in [0.15, 0.2) is 120 Å². The number of carbonyl (C=O) groups is 1. The molecule has 3 saturated carbocycles. The predicted molar refractivity (Wildman–Crippen MR) is 283 cm³/mol. The number of carboxylic acid groups (broad SMARTS) is 1. The van der Waals surface area contributed by atoms with Crippen LogP contribution in [0.5, 0.6) is 5.75 Å². The number of phenols is 1. The van der Waals surface area contributed by atoms with Crippen molar-refractivity contribution in [3.05, 3.63) is 141 Å². The van der Waals surface area contributed by atoms with Gasteiger partial charge >= 0.3 is 5.97 Å². The van der Waals surface area contributed by atoms with Gasteiger partial charge in [0.2, 0.25) is 0 Å². The second-order valence-electron chi connectivity index (χ2n) is 25.0. The van der Waals surface area contributed by atoms with Gasteiger partial charge in [0, 0.05) is 46.3 Å². The maximum absolute atomic E-state index is 13.7. The van der Waals surface area contributed by atoms with Crippen molar-refractivity contribution in [1.82, 2.24) is 0 Å². The van der Waals surface area contributed by atoms with Gasteiger partial charge < -0.3 is 20.4 Å². The number of hydrogen-bond donors (Lipinski definition) is 4. The number of hydrogen-bond acceptors (Lipinski definition) is 4. The summed E-state index contributed by atoms with van der Waals surface area (Å²) in [4.78, 5) is 13.7. The first-order valence-electron chi connectivity index (χ1n) is 27.5. The van der Waals surface area contributed by atoms with Crippen LogP contribution in [0.3, 0.4) is 0 Å². The second-order valence-corrected chi connectivity index (χ2v) is 25.0. The van der Waals surface area contributed by atoms with Crippen molar-refractivity contribution in [2.24, 2.45) is 68.5 Å². The Hall–Kier alpha value is -5.15. The van der Waals surface area contributed by atoms with Crippen LogP contribution in [0, 0.1) is 80.3 Å². The number of fused-ring (bicyclic) bond motifs is 7.